The molecule has 0 aliphatic carbocycles. The Morgan fingerprint density at radius 2 is 1.97 bits per heavy atom. The highest BCUT2D eigenvalue weighted by atomic mass is 35.5. The second-order valence-corrected chi connectivity index (χ2v) is 9.00. The van der Waals surface area contributed by atoms with E-state index in [2.05, 4.69) is 5.32 Å². The van der Waals surface area contributed by atoms with Crippen molar-refractivity contribution in [3.05, 3.63) is 53.1 Å². The third-order valence-corrected chi connectivity index (χ3v) is 6.98. The number of nitriles is 1. The minimum absolute atomic E-state index is 0.0173. The van der Waals surface area contributed by atoms with Crippen LogP contribution < -0.4 is 10.1 Å². The van der Waals surface area contributed by atoms with E-state index < -0.39 is 10.0 Å². The topological polar surface area (TPSA) is 99.5 Å². The molecule has 2 aromatic carbocycles. The number of carbonyl (C=O) groups is 1. The number of nitrogens with one attached hydrogen (secondary N) is 1. The van der Waals surface area contributed by atoms with E-state index >= 15 is 0 Å². The van der Waals surface area contributed by atoms with E-state index in [1.165, 1.54) is 23.5 Å². The van der Waals surface area contributed by atoms with Crippen LogP contribution in [0.5, 0.6) is 5.75 Å². The van der Waals surface area contributed by atoms with Gasteiger partial charge >= 0.3 is 0 Å². The number of hydrogen-bond acceptors (Lipinski definition) is 5. The fraction of sp³-hybridized carbons (Fsp3) is 0.300. The van der Waals surface area contributed by atoms with E-state index in [0.29, 0.717) is 29.1 Å². The van der Waals surface area contributed by atoms with E-state index in [-0.39, 0.29) is 35.6 Å². The molecule has 7 nitrogen and oxygen atoms in total. The van der Waals surface area contributed by atoms with Crippen LogP contribution in [0.1, 0.15) is 18.4 Å². The third-order valence-electron chi connectivity index (χ3n) is 4.83. The molecule has 2 aromatic rings. The van der Waals surface area contributed by atoms with E-state index in [4.69, 9.17) is 21.6 Å². The van der Waals surface area contributed by atoms with E-state index in [9.17, 15) is 13.2 Å². The zero-order chi connectivity index (χ0) is 21.0. The molecule has 152 valence electrons. The van der Waals surface area contributed by atoms with Crippen molar-refractivity contribution in [3.63, 3.8) is 0 Å². The van der Waals surface area contributed by atoms with Gasteiger partial charge in [-0.3, -0.25) is 4.79 Å². The van der Waals surface area contributed by atoms with Crippen LogP contribution in [0.4, 0.5) is 5.69 Å². The zero-order valence-electron chi connectivity index (χ0n) is 15.8. The molecule has 9 heteroatoms. The Labute approximate surface area is 174 Å². The highest BCUT2D eigenvalue weighted by Gasteiger charge is 2.33. The maximum absolute atomic E-state index is 13.0. The van der Waals surface area contributed by atoms with Gasteiger partial charge in [-0.1, -0.05) is 17.7 Å². The lowest BCUT2D eigenvalue weighted by molar-refractivity contribution is -0.120. The summed E-state index contributed by atoms with van der Waals surface area (Å²) in [6, 6.07) is 13.1. The van der Waals surface area contributed by atoms with E-state index in [1.807, 2.05) is 6.07 Å². The number of methoxy groups -OCH3 is 1. The number of anilines is 1. The monoisotopic (exact) mass is 433 g/mol. The van der Waals surface area contributed by atoms with Gasteiger partial charge in [-0.05, 0) is 49.2 Å². The molecular weight excluding hydrogens is 414 g/mol. The number of carbonyl (C=O) groups excluding carboxylic acids is 1. The Kier molecular flexibility index (Phi) is 6.42. The van der Waals surface area contributed by atoms with Crippen molar-refractivity contribution in [2.45, 2.75) is 17.7 Å². The fourth-order valence-electron chi connectivity index (χ4n) is 3.26. The van der Waals surface area contributed by atoms with E-state index in [0.717, 1.165) is 0 Å². The lowest BCUT2D eigenvalue weighted by Gasteiger charge is -2.31. The van der Waals surface area contributed by atoms with Gasteiger partial charge in [-0.15, -0.1) is 0 Å². The summed E-state index contributed by atoms with van der Waals surface area (Å²) in [5.74, 6) is -0.266. The van der Waals surface area contributed by atoms with Gasteiger partial charge in [-0.2, -0.15) is 9.57 Å². The molecule has 1 fully saturated rings. The van der Waals surface area contributed by atoms with Gasteiger partial charge in [-0.25, -0.2) is 8.42 Å². The highest BCUT2D eigenvalue weighted by molar-refractivity contribution is 7.89. The molecule has 0 saturated carbocycles. The van der Waals surface area contributed by atoms with Crippen LogP contribution in [0.3, 0.4) is 0 Å². The first kappa shape index (κ1) is 21.1. The Balaban J connectivity index is 1.67. The largest absolute Gasteiger partial charge is 0.495 e. The number of nitrogens with zero attached hydrogens (tertiary/aromatic N) is 2. The van der Waals surface area contributed by atoms with Crippen LogP contribution in [-0.2, 0) is 14.8 Å². The molecule has 0 unspecified atom stereocenters. The van der Waals surface area contributed by atoms with E-state index in [1.54, 1.807) is 30.3 Å². The average Bonchev–Trinajstić information content (AvgIpc) is 2.74. The number of hydrogen-bond donors (Lipinski definition) is 1. The maximum Gasteiger partial charge on any atom is 0.246 e. The maximum atomic E-state index is 13.0. The van der Waals surface area contributed by atoms with Crippen LogP contribution in [0.15, 0.2) is 47.4 Å². The first-order chi connectivity index (χ1) is 13.8. The van der Waals surface area contributed by atoms with Gasteiger partial charge in [0, 0.05) is 29.7 Å². The van der Waals surface area contributed by atoms with Gasteiger partial charge in [0.05, 0.1) is 18.7 Å². The minimum Gasteiger partial charge on any atom is -0.495 e. The molecule has 3 rings (SSSR count). The normalized spacial score (nSPS) is 15.5. The minimum atomic E-state index is -3.79. The third kappa shape index (κ3) is 4.70. The van der Waals surface area contributed by atoms with Gasteiger partial charge < -0.3 is 10.1 Å². The molecule has 0 aromatic heterocycles. The number of piperidine rings is 1. The summed E-state index contributed by atoms with van der Waals surface area (Å²) in [6.45, 7) is 0.433. The Morgan fingerprint density at radius 1 is 1.24 bits per heavy atom. The molecule has 1 aliphatic heterocycles. The predicted molar refractivity (Wildman–Crippen MR) is 109 cm³/mol. The van der Waals surface area contributed by atoms with Crippen molar-refractivity contribution >= 4 is 33.2 Å². The van der Waals surface area contributed by atoms with Gasteiger partial charge in [0.2, 0.25) is 15.9 Å². The van der Waals surface area contributed by atoms with Crippen LogP contribution in [-0.4, -0.2) is 38.8 Å². The lowest BCUT2D eigenvalue weighted by Crippen LogP contribution is -2.41. The van der Waals surface area contributed by atoms with Crippen LogP contribution in [0, 0.1) is 17.2 Å². The molecule has 0 spiro atoms. The Morgan fingerprint density at radius 3 is 2.62 bits per heavy atom. The summed E-state index contributed by atoms with van der Waals surface area (Å²) < 4.78 is 32.5. The second kappa shape index (κ2) is 8.82. The summed E-state index contributed by atoms with van der Waals surface area (Å²) in [5, 5.41) is 12.1. The summed E-state index contributed by atoms with van der Waals surface area (Å²) in [6.07, 6.45) is 0.789. The summed E-state index contributed by atoms with van der Waals surface area (Å²) in [4.78, 5) is 12.6. The fourth-order valence-corrected chi connectivity index (χ4v) is 5.15. The summed E-state index contributed by atoms with van der Waals surface area (Å²) in [7, 11) is -2.39. The number of halogens is 1. The zero-order valence-corrected chi connectivity index (χ0v) is 17.3. The van der Waals surface area contributed by atoms with Crippen molar-refractivity contribution in [3.8, 4) is 11.8 Å². The molecule has 1 amide bonds. The second-order valence-electron chi connectivity index (χ2n) is 6.66. The molecule has 1 saturated heterocycles. The smallest absolute Gasteiger partial charge is 0.246 e. The molecule has 0 radical (unpaired) electrons. The van der Waals surface area contributed by atoms with Gasteiger partial charge in [0.15, 0.2) is 0 Å². The van der Waals surface area contributed by atoms with Crippen molar-refractivity contribution < 1.29 is 17.9 Å². The molecule has 1 N–H and O–H groups in total. The lowest BCUT2D eigenvalue weighted by atomic mass is 9.97. The SMILES string of the molecule is COc1ccc(Cl)cc1S(=O)(=O)N1CCC(C(=O)Nc2cccc(C#N)c2)CC1. The van der Waals surface area contributed by atoms with Crippen LogP contribution >= 0.6 is 11.6 Å². The number of amides is 1. The van der Waals surface area contributed by atoms with Gasteiger partial charge in [0.25, 0.3) is 0 Å². The number of benzene rings is 2. The standard InChI is InChI=1S/C20H20ClN3O4S/c1-28-18-6-5-16(21)12-19(18)29(26,27)24-9-7-15(8-10-24)20(25)23-17-4-2-3-14(11-17)13-22/h2-6,11-12,15H,7-10H2,1H3,(H,23,25). The highest BCUT2D eigenvalue weighted by Crippen LogP contribution is 2.32. The van der Waals surface area contributed by atoms with Crippen molar-refractivity contribution in [2.24, 2.45) is 5.92 Å². The van der Waals surface area contributed by atoms with Crippen molar-refractivity contribution in [1.82, 2.24) is 4.31 Å². The number of sulfonamides is 1. The first-order valence-electron chi connectivity index (χ1n) is 9.00. The molecular formula is C20H20ClN3O4S. The molecule has 29 heavy (non-hydrogen) atoms. The predicted octanol–water partition coefficient (Wildman–Crippen LogP) is 3.26. The summed E-state index contributed by atoms with van der Waals surface area (Å²) in [5.41, 5.74) is 1.01. The van der Waals surface area contributed by atoms with Gasteiger partial charge in [0.1, 0.15) is 10.6 Å². The first-order valence-corrected chi connectivity index (χ1v) is 10.8. The average molecular weight is 434 g/mol. The van der Waals surface area contributed by atoms with Crippen LogP contribution in [0.2, 0.25) is 5.02 Å². The molecule has 1 heterocycles. The number of ether oxygens (including phenoxy) is 1. The molecule has 1 aliphatic rings. The number of rotatable bonds is 5. The van der Waals surface area contributed by atoms with Crippen molar-refractivity contribution in [2.75, 3.05) is 25.5 Å². The molecule has 0 atom stereocenters. The molecule has 0 bridgehead atoms. The summed E-state index contributed by atoms with van der Waals surface area (Å²) >= 11 is 5.97. The van der Waals surface area contributed by atoms with Crippen LogP contribution in [0.25, 0.3) is 0 Å². The van der Waals surface area contributed by atoms with Crippen molar-refractivity contribution in [1.29, 1.82) is 5.26 Å². The quantitative estimate of drug-likeness (QED) is 0.780. The Bertz CT molecular complexity index is 1060. The Hall–Kier alpha value is -2.60.